The van der Waals surface area contributed by atoms with Gasteiger partial charge in [-0.1, -0.05) is 33.6 Å². The van der Waals surface area contributed by atoms with Gasteiger partial charge in [0, 0.05) is 17.6 Å². The molecule has 0 bridgehead atoms. The van der Waals surface area contributed by atoms with Crippen LogP contribution in [0.3, 0.4) is 0 Å². The molecule has 1 saturated carbocycles. The van der Waals surface area contributed by atoms with Crippen LogP contribution in [0.15, 0.2) is 22.6 Å². The number of anilines is 1. The van der Waals surface area contributed by atoms with Gasteiger partial charge in [-0.3, -0.25) is 0 Å². The second kappa shape index (κ2) is 5.47. The lowest BCUT2D eigenvalue weighted by molar-refractivity contribution is 0.349. The van der Waals surface area contributed by atoms with Crippen molar-refractivity contribution in [3.63, 3.8) is 0 Å². The lowest BCUT2D eigenvalue weighted by Gasteiger charge is -2.30. The average molecular weight is 272 g/mol. The molecule has 1 aromatic carbocycles. The van der Waals surface area contributed by atoms with Gasteiger partial charge in [0.2, 0.25) is 0 Å². The van der Waals surface area contributed by atoms with E-state index in [2.05, 4.69) is 43.2 Å². The highest BCUT2D eigenvalue weighted by molar-refractivity contribution is 5.77. The van der Waals surface area contributed by atoms with Gasteiger partial charge < -0.3 is 9.73 Å². The maximum absolute atomic E-state index is 5.76. The number of nitrogens with zero attached hydrogens (tertiary/aromatic N) is 1. The van der Waals surface area contributed by atoms with E-state index in [1.54, 1.807) is 0 Å². The summed E-state index contributed by atoms with van der Waals surface area (Å²) in [5.41, 5.74) is 3.01. The highest BCUT2D eigenvalue weighted by Gasteiger charge is 2.21. The van der Waals surface area contributed by atoms with Crippen LogP contribution in [0.2, 0.25) is 0 Å². The first-order valence-corrected chi connectivity index (χ1v) is 7.80. The maximum Gasteiger partial charge on any atom is 0.198 e. The van der Waals surface area contributed by atoms with E-state index in [1.165, 1.54) is 31.4 Å². The van der Waals surface area contributed by atoms with Crippen LogP contribution in [0, 0.1) is 5.92 Å². The molecule has 1 aromatic heterocycles. The standard InChI is InChI=1S/C17H24N2O/c1-11(2)17-19-15-10-13(8-9-16(15)20-17)18-14-7-5-4-6-12(14)3/h8-12,14,18H,4-7H2,1-3H3. The SMILES string of the molecule is CC(C)c1nc2cc(NC3CCCCC3C)ccc2o1. The Hall–Kier alpha value is -1.51. The Labute approximate surface area is 120 Å². The van der Waals surface area contributed by atoms with E-state index in [9.17, 15) is 0 Å². The molecular formula is C17H24N2O. The Kier molecular flexibility index (Phi) is 3.68. The Balaban J connectivity index is 1.81. The van der Waals surface area contributed by atoms with Crippen molar-refractivity contribution in [1.29, 1.82) is 0 Å². The number of oxazole rings is 1. The summed E-state index contributed by atoms with van der Waals surface area (Å²) in [4.78, 5) is 4.58. The molecule has 1 N–H and O–H groups in total. The first kappa shape index (κ1) is 13.5. The van der Waals surface area contributed by atoms with E-state index in [0.717, 1.165) is 22.9 Å². The predicted octanol–water partition coefficient (Wildman–Crippen LogP) is 4.94. The molecule has 2 atom stereocenters. The molecule has 20 heavy (non-hydrogen) atoms. The number of fused-ring (bicyclic) bond motifs is 1. The van der Waals surface area contributed by atoms with Crippen molar-refractivity contribution in [2.75, 3.05) is 5.32 Å². The van der Waals surface area contributed by atoms with Gasteiger partial charge in [-0.2, -0.15) is 0 Å². The third-order valence-corrected chi connectivity index (χ3v) is 4.36. The van der Waals surface area contributed by atoms with Crippen molar-refractivity contribution in [1.82, 2.24) is 4.98 Å². The number of aromatic nitrogens is 1. The van der Waals surface area contributed by atoms with Crippen LogP contribution in [0.5, 0.6) is 0 Å². The zero-order valence-electron chi connectivity index (χ0n) is 12.6. The van der Waals surface area contributed by atoms with Gasteiger partial charge in [-0.25, -0.2) is 4.98 Å². The second-order valence-electron chi connectivity index (χ2n) is 6.40. The monoisotopic (exact) mass is 272 g/mol. The number of rotatable bonds is 3. The molecule has 3 heteroatoms. The Morgan fingerprint density at radius 2 is 2.05 bits per heavy atom. The number of nitrogens with one attached hydrogen (secondary N) is 1. The van der Waals surface area contributed by atoms with Gasteiger partial charge in [0.15, 0.2) is 11.5 Å². The fourth-order valence-electron chi connectivity index (χ4n) is 3.03. The van der Waals surface area contributed by atoms with Gasteiger partial charge in [0.25, 0.3) is 0 Å². The zero-order valence-corrected chi connectivity index (χ0v) is 12.6. The predicted molar refractivity (Wildman–Crippen MR) is 83.1 cm³/mol. The highest BCUT2D eigenvalue weighted by atomic mass is 16.3. The minimum Gasteiger partial charge on any atom is -0.440 e. The van der Waals surface area contributed by atoms with Gasteiger partial charge in [-0.05, 0) is 37.0 Å². The van der Waals surface area contributed by atoms with Crippen LogP contribution >= 0.6 is 0 Å². The van der Waals surface area contributed by atoms with Crippen LogP contribution in [0.4, 0.5) is 5.69 Å². The summed E-state index contributed by atoms with van der Waals surface area (Å²) in [7, 11) is 0. The molecule has 1 heterocycles. The quantitative estimate of drug-likeness (QED) is 0.859. The molecule has 0 spiro atoms. The van der Waals surface area contributed by atoms with Crippen LogP contribution in [0.1, 0.15) is 58.3 Å². The van der Waals surface area contributed by atoms with E-state index in [0.29, 0.717) is 12.0 Å². The third kappa shape index (κ3) is 2.67. The average Bonchev–Trinajstić information content (AvgIpc) is 2.85. The normalized spacial score (nSPS) is 23.4. The lowest BCUT2D eigenvalue weighted by atomic mass is 9.86. The fourth-order valence-corrected chi connectivity index (χ4v) is 3.03. The summed E-state index contributed by atoms with van der Waals surface area (Å²) < 4.78 is 5.76. The van der Waals surface area contributed by atoms with Crippen molar-refractivity contribution >= 4 is 16.8 Å². The van der Waals surface area contributed by atoms with Crippen LogP contribution in [-0.4, -0.2) is 11.0 Å². The van der Waals surface area contributed by atoms with Crippen LogP contribution in [-0.2, 0) is 0 Å². The topological polar surface area (TPSA) is 38.1 Å². The summed E-state index contributed by atoms with van der Waals surface area (Å²) in [5.74, 6) is 1.91. The smallest absolute Gasteiger partial charge is 0.198 e. The van der Waals surface area contributed by atoms with E-state index in [4.69, 9.17) is 4.42 Å². The molecule has 1 aliphatic rings. The lowest BCUT2D eigenvalue weighted by Crippen LogP contribution is -2.30. The molecule has 2 aromatic rings. The first-order valence-electron chi connectivity index (χ1n) is 7.80. The van der Waals surface area contributed by atoms with Crippen molar-refractivity contribution in [3.05, 3.63) is 24.1 Å². The second-order valence-corrected chi connectivity index (χ2v) is 6.40. The summed E-state index contributed by atoms with van der Waals surface area (Å²) >= 11 is 0. The maximum atomic E-state index is 5.76. The summed E-state index contributed by atoms with van der Waals surface area (Å²) in [6, 6.07) is 6.85. The molecule has 1 fully saturated rings. The number of benzene rings is 1. The molecule has 3 nitrogen and oxygen atoms in total. The van der Waals surface area contributed by atoms with Crippen molar-refractivity contribution < 1.29 is 4.42 Å². The molecule has 2 unspecified atom stereocenters. The van der Waals surface area contributed by atoms with Crippen LogP contribution < -0.4 is 5.32 Å². The third-order valence-electron chi connectivity index (χ3n) is 4.36. The van der Waals surface area contributed by atoms with Gasteiger partial charge in [0.1, 0.15) is 5.52 Å². The molecule has 1 aliphatic carbocycles. The van der Waals surface area contributed by atoms with E-state index in [-0.39, 0.29) is 0 Å². The summed E-state index contributed by atoms with van der Waals surface area (Å²) in [6.45, 7) is 6.56. The number of hydrogen-bond acceptors (Lipinski definition) is 3. The van der Waals surface area contributed by atoms with E-state index in [1.807, 2.05) is 6.07 Å². The Bertz CT molecular complexity index is 588. The zero-order chi connectivity index (χ0) is 14.1. The van der Waals surface area contributed by atoms with E-state index >= 15 is 0 Å². The minimum atomic E-state index is 0.331. The van der Waals surface area contributed by atoms with Crippen LogP contribution in [0.25, 0.3) is 11.1 Å². The molecule has 0 aliphatic heterocycles. The highest BCUT2D eigenvalue weighted by Crippen LogP contribution is 2.29. The molecule has 0 radical (unpaired) electrons. The Morgan fingerprint density at radius 1 is 1.25 bits per heavy atom. The van der Waals surface area contributed by atoms with Crippen molar-refractivity contribution in [3.8, 4) is 0 Å². The van der Waals surface area contributed by atoms with Gasteiger partial charge in [-0.15, -0.1) is 0 Å². The molecular weight excluding hydrogens is 248 g/mol. The molecule has 108 valence electrons. The van der Waals surface area contributed by atoms with Gasteiger partial charge >= 0.3 is 0 Å². The molecule has 0 amide bonds. The molecule has 0 saturated heterocycles. The number of hydrogen-bond donors (Lipinski definition) is 1. The largest absolute Gasteiger partial charge is 0.440 e. The van der Waals surface area contributed by atoms with Crippen molar-refractivity contribution in [2.45, 2.75) is 58.4 Å². The Morgan fingerprint density at radius 3 is 2.80 bits per heavy atom. The molecule has 3 rings (SSSR count). The van der Waals surface area contributed by atoms with E-state index < -0.39 is 0 Å². The fraction of sp³-hybridized carbons (Fsp3) is 0.588. The minimum absolute atomic E-state index is 0.331. The summed E-state index contributed by atoms with van der Waals surface area (Å²) in [6.07, 6.45) is 5.32. The first-order chi connectivity index (χ1) is 9.63. The summed E-state index contributed by atoms with van der Waals surface area (Å²) in [5, 5.41) is 3.68. The van der Waals surface area contributed by atoms with Gasteiger partial charge in [0.05, 0.1) is 0 Å². The van der Waals surface area contributed by atoms with Crippen molar-refractivity contribution in [2.24, 2.45) is 5.92 Å².